The van der Waals surface area contributed by atoms with Crippen LogP contribution in [0.15, 0.2) is 30.6 Å². The van der Waals surface area contributed by atoms with E-state index in [-0.39, 0.29) is 11.3 Å². The van der Waals surface area contributed by atoms with Crippen LogP contribution >= 0.6 is 0 Å². The highest BCUT2D eigenvalue weighted by atomic mass is 19.4. The van der Waals surface area contributed by atoms with Crippen LogP contribution in [0.5, 0.6) is 0 Å². The van der Waals surface area contributed by atoms with Crippen molar-refractivity contribution in [3.63, 3.8) is 0 Å². The van der Waals surface area contributed by atoms with E-state index in [0.717, 1.165) is 18.3 Å². The largest absolute Gasteiger partial charge is 0.446 e. The van der Waals surface area contributed by atoms with Crippen LogP contribution in [-0.4, -0.2) is 22.2 Å². The minimum absolute atomic E-state index is 0.0826. The molecule has 0 aliphatic heterocycles. The van der Waals surface area contributed by atoms with Gasteiger partial charge in [0, 0.05) is 11.8 Å². The second-order valence-corrected chi connectivity index (χ2v) is 5.23. The van der Waals surface area contributed by atoms with Crippen LogP contribution in [0, 0.1) is 5.82 Å². The third-order valence-corrected chi connectivity index (χ3v) is 3.28. The number of nitrogens with zero attached hydrogens (tertiary/aromatic N) is 2. The molecule has 2 rings (SSSR count). The van der Waals surface area contributed by atoms with Gasteiger partial charge < -0.3 is 4.74 Å². The average molecular weight is 357 g/mol. The van der Waals surface area contributed by atoms with Gasteiger partial charge in [-0.05, 0) is 31.5 Å². The summed E-state index contributed by atoms with van der Waals surface area (Å²) in [5.74, 6) is -0.702. The van der Waals surface area contributed by atoms with Crippen molar-refractivity contribution >= 4 is 11.8 Å². The third kappa shape index (κ3) is 4.88. The van der Waals surface area contributed by atoms with Gasteiger partial charge >= 0.3 is 12.3 Å². The molecule has 1 N–H and O–H groups in total. The minimum Gasteiger partial charge on any atom is -0.446 e. The summed E-state index contributed by atoms with van der Waals surface area (Å²) in [6.45, 7) is 3.38. The van der Waals surface area contributed by atoms with Gasteiger partial charge in [0.1, 0.15) is 11.9 Å². The molecule has 0 bridgehead atoms. The van der Waals surface area contributed by atoms with Crippen molar-refractivity contribution in [1.82, 2.24) is 9.97 Å². The predicted molar refractivity (Wildman–Crippen MR) is 82.3 cm³/mol. The van der Waals surface area contributed by atoms with E-state index in [0.29, 0.717) is 6.42 Å². The Morgan fingerprint density at radius 2 is 2.04 bits per heavy atom. The van der Waals surface area contributed by atoms with Crippen LogP contribution in [0.2, 0.25) is 0 Å². The van der Waals surface area contributed by atoms with Crippen LogP contribution in [-0.2, 0) is 10.9 Å². The monoisotopic (exact) mass is 357 g/mol. The van der Waals surface area contributed by atoms with Crippen molar-refractivity contribution in [2.75, 3.05) is 5.32 Å². The van der Waals surface area contributed by atoms with Gasteiger partial charge in [0.2, 0.25) is 0 Å². The highest BCUT2D eigenvalue weighted by Crippen LogP contribution is 2.35. The average Bonchev–Trinajstić information content (AvgIpc) is 2.54. The Bertz CT molecular complexity index is 765. The zero-order valence-corrected chi connectivity index (χ0v) is 13.4. The number of hydrogen-bond donors (Lipinski definition) is 1. The van der Waals surface area contributed by atoms with Crippen molar-refractivity contribution in [3.8, 4) is 11.3 Å². The van der Waals surface area contributed by atoms with Gasteiger partial charge in [0.15, 0.2) is 5.69 Å². The topological polar surface area (TPSA) is 64.1 Å². The van der Waals surface area contributed by atoms with Crippen molar-refractivity contribution < 1.29 is 27.1 Å². The van der Waals surface area contributed by atoms with Crippen LogP contribution in [0.25, 0.3) is 11.3 Å². The van der Waals surface area contributed by atoms with Gasteiger partial charge in [-0.15, -0.1) is 0 Å². The molecule has 2 aromatic rings. The van der Waals surface area contributed by atoms with Crippen LogP contribution < -0.4 is 5.32 Å². The van der Waals surface area contributed by atoms with E-state index in [2.05, 4.69) is 9.97 Å². The number of ether oxygens (including phenoxy) is 1. The zero-order valence-electron chi connectivity index (χ0n) is 13.4. The molecular formula is C16H15F4N3O2. The molecule has 0 fully saturated rings. The number of anilines is 1. The number of hydrogen-bond acceptors (Lipinski definition) is 4. The normalized spacial score (nSPS) is 12.6. The maximum atomic E-state index is 13.3. The van der Waals surface area contributed by atoms with Crippen LogP contribution in [0.3, 0.4) is 0 Å². The highest BCUT2D eigenvalue weighted by molar-refractivity contribution is 5.86. The number of carbonyl (C=O) groups excluding carboxylic acids is 1. The van der Waals surface area contributed by atoms with E-state index in [1.165, 1.54) is 12.3 Å². The SMILES string of the molecule is CCC(C)OC(=O)Nc1ccc(-c2cncc(F)c2)nc1C(F)(F)F. The lowest BCUT2D eigenvalue weighted by atomic mass is 10.1. The maximum absolute atomic E-state index is 13.3. The Labute approximate surface area is 141 Å². The number of aromatic nitrogens is 2. The molecule has 0 aliphatic carbocycles. The molecule has 2 heterocycles. The number of alkyl halides is 3. The van der Waals surface area contributed by atoms with Gasteiger partial charge in [0.05, 0.1) is 17.6 Å². The van der Waals surface area contributed by atoms with Gasteiger partial charge in [-0.25, -0.2) is 14.2 Å². The number of amides is 1. The molecular weight excluding hydrogens is 342 g/mol. The van der Waals surface area contributed by atoms with Crippen molar-refractivity contribution in [1.29, 1.82) is 0 Å². The van der Waals surface area contributed by atoms with E-state index < -0.39 is 35.6 Å². The molecule has 9 heteroatoms. The van der Waals surface area contributed by atoms with E-state index >= 15 is 0 Å². The van der Waals surface area contributed by atoms with Crippen molar-refractivity contribution in [2.45, 2.75) is 32.5 Å². The standard InChI is InChI=1S/C16H15F4N3O2/c1-3-9(2)25-15(24)23-13-5-4-12(22-14(13)16(18,19)20)10-6-11(17)8-21-7-10/h4-9H,3H2,1-2H3,(H,23,24). The lowest BCUT2D eigenvalue weighted by Gasteiger charge is -2.16. The second kappa shape index (κ2) is 7.45. The smallest absolute Gasteiger partial charge is 0.435 e. The molecule has 25 heavy (non-hydrogen) atoms. The van der Waals surface area contributed by atoms with Gasteiger partial charge in [0.25, 0.3) is 0 Å². The van der Waals surface area contributed by atoms with Crippen molar-refractivity contribution in [2.24, 2.45) is 0 Å². The molecule has 0 aliphatic rings. The van der Waals surface area contributed by atoms with Gasteiger partial charge in [-0.2, -0.15) is 13.2 Å². The fraction of sp³-hybridized carbons (Fsp3) is 0.312. The number of rotatable bonds is 4. The summed E-state index contributed by atoms with van der Waals surface area (Å²) in [6.07, 6.45) is -3.65. The highest BCUT2D eigenvalue weighted by Gasteiger charge is 2.36. The Morgan fingerprint density at radius 3 is 2.64 bits per heavy atom. The first kappa shape index (κ1) is 18.6. The van der Waals surface area contributed by atoms with E-state index in [1.807, 2.05) is 5.32 Å². The number of carbonyl (C=O) groups is 1. The first-order valence-corrected chi connectivity index (χ1v) is 7.37. The first-order valence-electron chi connectivity index (χ1n) is 7.37. The molecule has 0 radical (unpaired) electrons. The molecule has 0 saturated carbocycles. The Kier molecular flexibility index (Phi) is 5.55. The van der Waals surface area contributed by atoms with Crippen LogP contribution in [0.1, 0.15) is 26.0 Å². The van der Waals surface area contributed by atoms with Crippen molar-refractivity contribution in [3.05, 3.63) is 42.1 Å². The number of halogens is 4. The first-order chi connectivity index (χ1) is 11.7. The molecule has 1 unspecified atom stereocenters. The molecule has 0 spiro atoms. The van der Waals surface area contributed by atoms with E-state index in [1.54, 1.807) is 13.8 Å². The zero-order chi connectivity index (χ0) is 18.6. The summed E-state index contributed by atoms with van der Waals surface area (Å²) < 4.78 is 57.9. The second-order valence-electron chi connectivity index (χ2n) is 5.23. The Hall–Kier alpha value is -2.71. The predicted octanol–water partition coefficient (Wildman–Crippen LogP) is 4.65. The molecule has 5 nitrogen and oxygen atoms in total. The molecule has 0 saturated heterocycles. The molecule has 134 valence electrons. The summed E-state index contributed by atoms with van der Waals surface area (Å²) in [5, 5.41) is 2.04. The summed E-state index contributed by atoms with van der Waals surface area (Å²) in [5.41, 5.74) is -1.90. The lowest BCUT2D eigenvalue weighted by molar-refractivity contribution is -0.140. The third-order valence-electron chi connectivity index (χ3n) is 3.28. The number of pyridine rings is 2. The quantitative estimate of drug-likeness (QED) is 0.809. The van der Waals surface area contributed by atoms with Gasteiger partial charge in [-0.1, -0.05) is 6.92 Å². The minimum atomic E-state index is -4.82. The fourth-order valence-electron chi connectivity index (χ4n) is 1.89. The summed E-state index contributed by atoms with van der Waals surface area (Å²) in [4.78, 5) is 18.8. The Morgan fingerprint density at radius 1 is 1.32 bits per heavy atom. The Balaban J connectivity index is 2.36. The van der Waals surface area contributed by atoms with E-state index in [9.17, 15) is 22.4 Å². The maximum Gasteiger partial charge on any atom is 0.435 e. The number of nitrogens with one attached hydrogen (secondary N) is 1. The van der Waals surface area contributed by atoms with E-state index in [4.69, 9.17) is 4.74 Å². The molecule has 1 amide bonds. The summed E-state index contributed by atoms with van der Waals surface area (Å²) >= 11 is 0. The molecule has 2 aromatic heterocycles. The molecule has 1 atom stereocenters. The summed E-state index contributed by atoms with van der Waals surface area (Å²) in [7, 11) is 0. The lowest BCUT2D eigenvalue weighted by Crippen LogP contribution is -2.22. The molecule has 0 aromatic carbocycles. The van der Waals surface area contributed by atoms with Gasteiger partial charge in [-0.3, -0.25) is 10.3 Å². The fourth-order valence-corrected chi connectivity index (χ4v) is 1.89. The van der Waals surface area contributed by atoms with Crippen LogP contribution in [0.4, 0.5) is 28.0 Å². The summed E-state index contributed by atoms with van der Waals surface area (Å²) in [6, 6.07) is 3.28.